The minimum atomic E-state index is 0.218. The smallest absolute Gasteiger partial charge is 0.164 e. The summed E-state index contributed by atoms with van der Waals surface area (Å²) in [5.41, 5.74) is 4.86. The van der Waals surface area contributed by atoms with Crippen LogP contribution in [0.15, 0.2) is 29.8 Å². The zero-order valence-corrected chi connectivity index (χ0v) is 13.0. The standard InChI is InChI=1S/C16H20N2OS/c1-12-6-4-5-7-14(12)15(19)8-9-18(3)10-16-13(2)17-11-20-16/h4-7,11H,8-10H2,1-3H3. The van der Waals surface area contributed by atoms with E-state index >= 15 is 0 Å². The van der Waals surface area contributed by atoms with Gasteiger partial charge in [0.05, 0.1) is 11.2 Å². The first-order chi connectivity index (χ1) is 9.58. The molecule has 0 fully saturated rings. The van der Waals surface area contributed by atoms with E-state index in [1.165, 1.54) is 4.88 Å². The topological polar surface area (TPSA) is 33.2 Å². The number of carbonyl (C=O) groups excluding carboxylic acids is 1. The number of rotatable bonds is 6. The number of hydrogen-bond acceptors (Lipinski definition) is 4. The first-order valence-electron chi connectivity index (χ1n) is 6.74. The molecule has 0 atom stereocenters. The molecular formula is C16H20N2OS. The second-order valence-corrected chi connectivity index (χ2v) is 6.03. The van der Waals surface area contributed by atoms with Crippen molar-refractivity contribution in [3.8, 4) is 0 Å². The van der Waals surface area contributed by atoms with Gasteiger partial charge < -0.3 is 4.90 Å². The van der Waals surface area contributed by atoms with Crippen molar-refractivity contribution in [2.45, 2.75) is 26.8 Å². The minimum Gasteiger partial charge on any atom is -0.301 e. The summed E-state index contributed by atoms with van der Waals surface area (Å²) in [4.78, 5) is 19.9. The summed E-state index contributed by atoms with van der Waals surface area (Å²) >= 11 is 1.67. The third-order valence-corrected chi connectivity index (χ3v) is 4.34. The van der Waals surface area contributed by atoms with Crippen LogP contribution in [-0.4, -0.2) is 29.3 Å². The van der Waals surface area contributed by atoms with Crippen LogP contribution in [0.25, 0.3) is 0 Å². The molecule has 0 amide bonds. The van der Waals surface area contributed by atoms with E-state index in [1.54, 1.807) is 11.3 Å². The lowest BCUT2D eigenvalue weighted by Gasteiger charge is -2.15. The van der Waals surface area contributed by atoms with E-state index < -0.39 is 0 Å². The predicted molar refractivity (Wildman–Crippen MR) is 83.3 cm³/mol. The monoisotopic (exact) mass is 288 g/mol. The van der Waals surface area contributed by atoms with Gasteiger partial charge in [-0.05, 0) is 26.5 Å². The lowest BCUT2D eigenvalue weighted by atomic mass is 10.0. The summed E-state index contributed by atoms with van der Waals surface area (Å²) in [7, 11) is 2.05. The molecule has 1 aromatic heterocycles. The van der Waals surface area contributed by atoms with E-state index in [4.69, 9.17) is 0 Å². The molecule has 0 saturated carbocycles. The van der Waals surface area contributed by atoms with Crippen molar-refractivity contribution in [2.24, 2.45) is 0 Å². The van der Waals surface area contributed by atoms with Gasteiger partial charge >= 0.3 is 0 Å². The van der Waals surface area contributed by atoms with E-state index in [2.05, 4.69) is 9.88 Å². The Morgan fingerprint density at radius 1 is 1.30 bits per heavy atom. The van der Waals surface area contributed by atoms with Crippen molar-refractivity contribution in [3.63, 3.8) is 0 Å². The molecule has 0 unspecified atom stereocenters. The van der Waals surface area contributed by atoms with Crippen LogP contribution in [0.5, 0.6) is 0 Å². The van der Waals surface area contributed by atoms with Gasteiger partial charge in [-0.15, -0.1) is 11.3 Å². The van der Waals surface area contributed by atoms with Gasteiger partial charge in [0.25, 0.3) is 0 Å². The molecule has 2 aromatic rings. The zero-order valence-electron chi connectivity index (χ0n) is 12.2. The summed E-state index contributed by atoms with van der Waals surface area (Å²) in [6.07, 6.45) is 0.555. The van der Waals surface area contributed by atoms with E-state index in [0.29, 0.717) is 6.42 Å². The summed E-state index contributed by atoms with van der Waals surface area (Å²) in [5.74, 6) is 0.218. The molecule has 106 valence electrons. The third kappa shape index (κ3) is 3.74. The summed E-state index contributed by atoms with van der Waals surface area (Å²) in [6.45, 7) is 5.64. The number of thiazole rings is 1. The first-order valence-corrected chi connectivity index (χ1v) is 7.62. The van der Waals surface area contributed by atoms with Crippen molar-refractivity contribution in [1.29, 1.82) is 0 Å². The van der Waals surface area contributed by atoms with Gasteiger partial charge in [0.15, 0.2) is 5.78 Å². The van der Waals surface area contributed by atoms with Gasteiger partial charge in [0, 0.05) is 30.0 Å². The SMILES string of the molecule is Cc1ccccc1C(=O)CCN(C)Cc1scnc1C. The van der Waals surface area contributed by atoms with Crippen LogP contribution in [0.2, 0.25) is 0 Å². The Kier molecular flexibility index (Phi) is 5.04. The number of aryl methyl sites for hydroxylation is 2. The number of nitrogens with zero attached hydrogens (tertiary/aromatic N) is 2. The number of hydrogen-bond donors (Lipinski definition) is 0. The lowest BCUT2D eigenvalue weighted by molar-refractivity contribution is 0.0967. The fourth-order valence-corrected chi connectivity index (χ4v) is 2.97. The normalized spacial score (nSPS) is 11.0. The first kappa shape index (κ1) is 14.9. The Balaban J connectivity index is 1.87. The second kappa shape index (κ2) is 6.77. The number of ketones is 1. The zero-order chi connectivity index (χ0) is 14.5. The highest BCUT2D eigenvalue weighted by Crippen LogP contribution is 2.15. The summed E-state index contributed by atoms with van der Waals surface area (Å²) < 4.78 is 0. The molecule has 2 rings (SSSR count). The highest BCUT2D eigenvalue weighted by molar-refractivity contribution is 7.09. The molecule has 0 saturated heterocycles. The molecule has 0 N–H and O–H groups in total. The fraction of sp³-hybridized carbons (Fsp3) is 0.375. The molecular weight excluding hydrogens is 268 g/mol. The van der Waals surface area contributed by atoms with E-state index in [0.717, 1.165) is 29.9 Å². The largest absolute Gasteiger partial charge is 0.301 e. The molecule has 0 aliphatic heterocycles. The maximum atomic E-state index is 12.2. The van der Waals surface area contributed by atoms with E-state index in [-0.39, 0.29) is 5.78 Å². The molecule has 20 heavy (non-hydrogen) atoms. The second-order valence-electron chi connectivity index (χ2n) is 5.09. The molecule has 3 nitrogen and oxygen atoms in total. The molecule has 0 aliphatic rings. The molecule has 0 radical (unpaired) electrons. The fourth-order valence-electron chi connectivity index (χ4n) is 2.12. The van der Waals surface area contributed by atoms with Crippen molar-refractivity contribution < 1.29 is 4.79 Å². The van der Waals surface area contributed by atoms with Crippen molar-refractivity contribution >= 4 is 17.1 Å². The number of Topliss-reactive ketones (excluding diaryl/α,β-unsaturated/α-hetero) is 1. The Morgan fingerprint density at radius 2 is 2.05 bits per heavy atom. The number of benzene rings is 1. The summed E-state index contributed by atoms with van der Waals surface area (Å²) in [6, 6.07) is 7.78. The van der Waals surface area contributed by atoms with Gasteiger partial charge in [0.1, 0.15) is 0 Å². The maximum Gasteiger partial charge on any atom is 0.164 e. The Morgan fingerprint density at radius 3 is 2.70 bits per heavy atom. The van der Waals surface area contributed by atoms with Crippen molar-refractivity contribution in [2.75, 3.05) is 13.6 Å². The van der Waals surface area contributed by atoms with Crippen LogP contribution in [0, 0.1) is 13.8 Å². The van der Waals surface area contributed by atoms with Gasteiger partial charge in [-0.2, -0.15) is 0 Å². The molecule has 0 bridgehead atoms. The van der Waals surface area contributed by atoms with Crippen LogP contribution in [0.3, 0.4) is 0 Å². The minimum absolute atomic E-state index is 0.218. The van der Waals surface area contributed by atoms with Crippen LogP contribution in [0.4, 0.5) is 0 Å². The van der Waals surface area contributed by atoms with Crippen molar-refractivity contribution in [1.82, 2.24) is 9.88 Å². The van der Waals surface area contributed by atoms with Crippen molar-refractivity contribution in [3.05, 3.63) is 51.5 Å². The molecule has 4 heteroatoms. The Bertz CT molecular complexity index is 592. The molecule has 0 aliphatic carbocycles. The van der Waals surface area contributed by atoms with Crippen LogP contribution in [-0.2, 0) is 6.54 Å². The Hall–Kier alpha value is -1.52. The molecule has 0 spiro atoms. The quantitative estimate of drug-likeness (QED) is 0.763. The maximum absolute atomic E-state index is 12.2. The number of carbonyl (C=O) groups is 1. The highest BCUT2D eigenvalue weighted by atomic mass is 32.1. The van der Waals surface area contributed by atoms with Crippen LogP contribution in [0.1, 0.15) is 32.9 Å². The Labute approximate surface area is 124 Å². The van der Waals surface area contributed by atoms with Gasteiger partial charge in [0.2, 0.25) is 0 Å². The average Bonchev–Trinajstić information content (AvgIpc) is 2.82. The van der Waals surface area contributed by atoms with Gasteiger partial charge in [-0.25, -0.2) is 4.98 Å². The van der Waals surface area contributed by atoms with E-state index in [9.17, 15) is 4.79 Å². The average molecular weight is 288 g/mol. The van der Waals surface area contributed by atoms with Gasteiger partial charge in [-0.1, -0.05) is 24.3 Å². The summed E-state index contributed by atoms with van der Waals surface area (Å²) in [5, 5.41) is 0. The third-order valence-electron chi connectivity index (χ3n) is 3.42. The lowest BCUT2D eigenvalue weighted by Crippen LogP contribution is -2.21. The van der Waals surface area contributed by atoms with Crippen LogP contribution < -0.4 is 0 Å². The number of aromatic nitrogens is 1. The predicted octanol–water partition coefficient (Wildman–Crippen LogP) is 3.46. The van der Waals surface area contributed by atoms with Gasteiger partial charge in [-0.3, -0.25) is 4.79 Å². The molecule has 1 aromatic carbocycles. The van der Waals surface area contributed by atoms with E-state index in [1.807, 2.05) is 50.7 Å². The highest BCUT2D eigenvalue weighted by Gasteiger charge is 2.11. The van der Waals surface area contributed by atoms with Crippen LogP contribution >= 0.6 is 11.3 Å². The molecule has 1 heterocycles.